The largest absolute Gasteiger partial charge is 0.388 e. The van der Waals surface area contributed by atoms with Crippen LogP contribution in [0.2, 0.25) is 0 Å². The molecule has 160 valence electrons. The third-order valence-electron chi connectivity index (χ3n) is 5.50. The maximum Gasteiger partial charge on any atom is 0.359 e. The van der Waals surface area contributed by atoms with Crippen molar-refractivity contribution in [2.45, 2.75) is 82.3 Å². The number of nitrogens with one attached hydrogen (secondary N) is 1. The Kier molecular flexibility index (Phi) is 6.93. The van der Waals surface area contributed by atoms with Crippen LogP contribution in [0.5, 0.6) is 0 Å². The lowest BCUT2D eigenvalue weighted by molar-refractivity contribution is -0.0531. The minimum atomic E-state index is -4.39. The molecule has 0 spiro atoms. The Labute approximate surface area is 163 Å². The summed E-state index contributed by atoms with van der Waals surface area (Å²) in [4.78, 5) is 24.0. The molecule has 1 aliphatic rings. The van der Waals surface area contributed by atoms with E-state index in [4.69, 9.17) is 9.26 Å². The van der Waals surface area contributed by atoms with Crippen molar-refractivity contribution in [1.82, 2.24) is 4.98 Å². The van der Waals surface area contributed by atoms with Gasteiger partial charge >= 0.3 is 7.60 Å². The van der Waals surface area contributed by atoms with Crippen LogP contribution in [0.15, 0.2) is 23.1 Å². The first-order chi connectivity index (χ1) is 12.9. The Balaban J connectivity index is 2.18. The quantitative estimate of drug-likeness (QED) is 0.397. The molecular formula is C18H30NO8P. The van der Waals surface area contributed by atoms with Crippen LogP contribution in [0, 0.1) is 0 Å². The summed E-state index contributed by atoms with van der Waals surface area (Å²) >= 11 is 0. The average molecular weight is 419 g/mol. The zero-order valence-corrected chi connectivity index (χ0v) is 17.4. The fourth-order valence-corrected chi connectivity index (χ4v) is 4.46. The van der Waals surface area contributed by atoms with Gasteiger partial charge in [-0.05, 0) is 38.3 Å². The third kappa shape index (κ3) is 4.74. The lowest BCUT2D eigenvalue weighted by Crippen LogP contribution is -2.40. The summed E-state index contributed by atoms with van der Waals surface area (Å²) in [6.07, 6.45) is -2.47. The second kappa shape index (κ2) is 8.36. The van der Waals surface area contributed by atoms with E-state index in [2.05, 4.69) is 4.98 Å². The summed E-state index contributed by atoms with van der Waals surface area (Å²) in [5.74, 6) is 0. The maximum atomic E-state index is 12.6. The van der Waals surface area contributed by atoms with Gasteiger partial charge in [-0.2, -0.15) is 0 Å². The van der Waals surface area contributed by atoms with Crippen LogP contribution in [0.25, 0.3) is 0 Å². The molecule has 1 aromatic heterocycles. The Hall–Kier alpha value is -1.06. The van der Waals surface area contributed by atoms with Gasteiger partial charge in [-0.3, -0.25) is 9.36 Å². The Morgan fingerprint density at radius 1 is 1.21 bits per heavy atom. The number of hydrogen-bond donors (Lipinski definition) is 5. The molecule has 4 unspecified atom stereocenters. The molecule has 0 aromatic carbocycles. The van der Waals surface area contributed by atoms with E-state index in [1.54, 1.807) is 20.8 Å². The minimum Gasteiger partial charge on any atom is -0.388 e. The normalized spacial score (nSPS) is 31.7. The van der Waals surface area contributed by atoms with E-state index in [9.17, 15) is 29.6 Å². The zero-order chi connectivity index (χ0) is 21.3. The molecule has 0 radical (unpaired) electrons. The first-order valence-corrected chi connectivity index (χ1v) is 10.9. The second-order valence-corrected chi connectivity index (χ2v) is 9.94. The first-order valence-electron chi connectivity index (χ1n) is 9.32. The molecule has 1 aliphatic heterocycles. The van der Waals surface area contributed by atoms with E-state index in [0.717, 1.165) is 0 Å². The van der Waals surface area contributed by atoms with Crippen LogP contribution in [-0.2, 0) is 13.8 Å². The molecule has 1 saturated heterocycles. The van der Waals surface area contributed by atoms with Gasteiger partial charge < -0.3 is 34.5 Å². The topological polar surface area (TPSA) is 149 Å². The molecule has 28 heavy (non-hydrogen) atoms. The van der Waals surface area contributed by atoms with E-state index >= 15 is 0 Å². The van der Waals surface area contributed by atoms with Gasteiger partial charge in [0.05, 0.1) is 11.7 Å². The number of H-pyrrole nitrogens is 1. The van der Waals surface area contributed by atoms with Crippen LogP contribution in [0.1, 0.15) is 58.6 Å². The summed E-state index contributed by atoms with van der Waals surface area (Å²) in [7, 11) is -4.39. The lowest BCUT2D eigenvalue weighted by atomic mass is 9.92. The van der Waals surface area contributed by atoms with Crippen molar-refractivity contribution in [1.29, 1.82) is 0 Å². The molecule has 0 bridgehead atoms. The van der Waals surface area contributed by atoms with Gasteiger partial charge in [0.2, 0.25) is 5.56 Å². The van der Waals surface area contributed by atoms with Gasteiger partial charge in [-0.25, -0.2) is 0 Å². The Bertz CT molecular complexity index is 761. The fraction of sp³-hybridized carbons (Fsp3) is 0.722. The number of aliphatic hydroxyl groups is 3. The van der Waals surface area contributed by atoms with Crippen molar-refractivity contribution in [3.8, 4) is 0 Å². The fourth-order valence-electron chi connectivity index (χ4n) is 3.06. The highest BCUT2D eigenvalue weighted by atomic mass is 31.2. The monoisotopic (exact) mass is 419 g/mol. The van der Waals surface area contributed by atoms with Crippen LogP contribution < -0.4 is 5.56 Å². The molecule has 2 rings (SSSR count). The molecule has 5 N–H and O–H groups in total. The molecule has 9 nitrogen and oxygen atoms in total. The number of aromatic nitrogens is 1. The highest BCUT2D eigenvalue weighted by Crippen LogP contribution is 2.59. The first kappa shape index (κ1) is 23.2. The SMILES string of the molecule is CCC(C)(C[C@H]1O[C@@H](c2ccc(=O)[nH]c2)[C@@H](O)C1O)OP(=O)(O)C(C)(O)CC. The van der Waals surface area contributed by atoms with Crippen molar-refractivity contribution in [3.63, 3.8) is 0 Å². The van der Waals surface area contributed by atoms with E-state index in [1.807, 2.05) is 0 Å². The van der Waals surface area contributed by atoms with Gasteiger partial charge in [-0.1, -0.05) is 13.8 Å². The van der Waals surface area contributed by atoms with Gasteiger partial charge in [0.25, 0.3) is 0 Å². The molecule has 1 aromatic rings. The van der Waals surface area contributed by atoms with Crippen molar-refractivity contribution in [2.24, 2.45) is 0 Å². The molecule has 10 heteroatoms. The molecular weight excluding hydrogens is 389 g/mol. The summed E-state index contributed by atoms with van der Waals surface area (Å²) in [5, 5.41) is 29.1. The molecule has 1 fully saturated rings. The molecule has 2 heterocycles. The minimum absolute atomic E-state index is 0.0198. The third-order valence-corrected chi connectivity index (χ3v) is 7.72. The Morgan fingerprint density at radius 2 is 1.86 bits per heavy atom. The summed E-state index contributed by atoms with van der Waals surface area (Å²) < 4.78 is 23.8. The number of aliphatic hydroxyl groups excluding tert-OH is 2. The van der Waals surface area contributed by atoms with Crippen LogP contribution in [0.4, 0.5) is 0 Å². The predicted octanol–water partition coefficient (Wildman–Crippen LogP) is 1.42. The summed E-state index contributed by atoms with van der Waals surface area (Å²) in [6.45, 7) is 6.15. The van der Waals surface area contributed by atoms with E-state index in [-0.39, 0.29) is 18.4 Å². The molecule has 0 amide bonds. The Morgan fingerprint density at radius 3 is 2.36 bits per heavy atom. The van der Waals surface area contributed by atoms with Crippen molar-refractivity contribution in [2.75, 3.05) is 0 Å². The van der Waals surface area contributed by atoms with Gasteiger partial charge in [0.1, 0.15) is 18.3 Å². The lowest BCUT2D eigenvalue weighted by Gasteiger charge is -2.37. The number of rotatable bonds is 8. The van der Waals surface area contributed by atoms with Crippen LogP contribution in [0.3, 0.4) is 0 Å². The number of hydrogen-bond acceptors (Lipinski definition) is 7. The van der Waals surface area contributed by atoms with Gasteiger partial charge in [0, 0.05) is 18.7 Å². The van der Waals surface area contributed by atoms with Crippen molar-refractivity contribution >= 4 is 7.60 Å². The molecule has 0 aliphatic carbocycles. The number of pyridine rings is 1. The van der Waals surface area contributed by atoms with E-state index in [1.165, 1.54) is 25.3 Å². The highest BCUT2D eigenvalue weighted by Gasteiger charge is 2.50. The molecule has 7 atom stereocenters. The van der Waals surface area contributed by atoms with Gasteiger partial charge in [-0.15, -0.1) is 0 Å². The average Bonchev–Trinajstić information content (AvgIpc) is 2.90. The number of aromatic amines is 1. The maximum absolute atomic E-state index is 12.6. The highest BCUT2D eigenvalue weighted by molar-refractivity contribution is 7.54. The predicted molar refractivity (Wildman–Crippen MR) is 102 cm³/mol. The van der Waals surface area contributed by atoms with E-state index < -0.39 is 43.0 Å². The second-order valence-electron chi connectivity index (χ2n) is 7.75. The standard InChI is InChI=1S/C18H30NO8P/c1-5-17(3,27-28(24,25)18(4,23)6-2)9-12-14(21)15(22)16(26-12)11-7-8-13(20)19-10-11/h7-8,10,12,14-16,21-23H,5-6,9H2,1-4H3,(H,19,20)(H,24,25)/t12-,14?,15+,16+,17?,18?/m1/s1. The summed E-state index contributed by atoms with van der Waals surface area (Å²) in [5.41, 5.74) is -0.995. The van der Waals surface area contributed by atoms with Crippen LogP contribution >= 0.6 is 7.60 Å². The number of ether oxygens (including phenoxy) is 1. The van der Waals surface area contributed by atoms with Gasteiger partial charge in [0.15, 0.2) is 5.34 Å². The van der Waals surface area contributed by atoms with E-state index in [0.29, 0.717) is 12.0 Å². The van der Waals surface area contributed by atoms with Crippen molar-refractivity contribution in [3.05, 3.63) is 34.2 Å². The van der Waals surface area contributed by atoms with Crippen molar-refractivity contribution < 1.29 is 34.0 Å². The smallest absolute Gasteiger partial charge is 0.359 e. The summed E-state index contributed by atoms with van der Waals surface area (Å²) in [6, 6.07) is 2.79. The zero-order valence-electron chi connectivity index (χ0n) is 16.5. The molecule has 0 saturated carbocycles. The van der Waals surface area contributed by atoms with Crippen LogP contribution in [-0.4, -0.2) is 54.5 Å².